The fourth-order valence-electron chi connectivity index (χ4n) is 3.35. The SMILES string of the molecule is CCN(CC(=O)NC(C)C)C(=O)COC(=O)C1CCN(S(=O)(=O)c2ccc(Cl)cc2)CC1. The van der Waals surface area contributed by atoms with Crippen LogP contribution in [0.2, 0.25) is 5.02 Å². The van der Waals surface area contributed by atoms with Gasteiger partial charge < -0.3 is 15.0 Å². The number of piperidine rings is 1. The van der Waals surface area contributed by atoms with E-state index in [1.807, 2.05) is 13.8 Å². The van der Waals surface area contributed by atoms with Gasteiger partial charge in [-0.25, -0.2) is 8.42 Å². The van der Waals surface area contributed by atoms with Gasteiger partial charge in [-0.15, -0.1) is 0 Å². The number of ether oxygens (including phenoxy) is 1. The van der Waals surface area contributed by atoms with E-state index >= 15 is 0 Å². The van der Waals surface area contributed by atoms with Gasteiger partial charge in [0.25, 0.3) is 5.91 Å². The van der Waals surface area contributed by atoms with Crippen LogP contribution in [0.1, 0.15) is 33.6 Å². The maximum absolute atomic E-state index is 12.7. The first-order valence-corrected chi connectivity index (χ1v) is 12.4. The number of likely N-dealkylation sites (N-methyl/N-ethyl adjacent to an activating group) is 1. The van der Waals surface area contributed by atoms with Crippen LogP contribution in [0.3, 0.4) is 0 Å². The molecule has 1 aliphatic heterocycles. The number of halogens is 1. The number of sulfonamides is 1. The maximum Gasteiger partial charge on any atom is 0.309 e. The lowest BCUT2D eigenvalue weighted by atomic mass is 9.98. The second-order valence-corrected chi connectivity index (χ2v) is 10.2. The van der Waals surface area contributed by atoms with Crippen LogP contribution in [0, 0.1) is 5.92 Å². The van der Waals surface area contributed by atoms with Gasteiger partial charge in [-0.1, -0.05) is 11.6 Å². The second kappa shape index (κ2) is 11.6. The summed E-state index contributed by atoms with van der Waals surface area (Å²) in [7, 11) is -3.66. The lowest BCUT2D eigenvalue weighted by molar-refractivity contribution is -0.156. The highest BCUT2D eigenvalue weighted by Gasteiger charge is 2.33. The van der Waals surface area contributed by atoms with E-state index in [4.69, 9.17) is 16.3 Å². The quantitative estimate of drug-likeness (QED) is 0.530. The Morgan fingerprint density at radius 2 is 1.78 bits per heavy atom. The summed E-state index contributed by atoms with van der Waals surface area (Å²) in [5.74, 6) is -1.76. The molecule has 1 aromatic carbocycles. The average molecular weight is 488 g/mol. The lowest BCUT2D eigenvalue weighted by Crippen LogP contribution is -2.44. The van der Waals surface area contributed by atoms with Crippen LogP contribution in [0.5, 0.6) is 0 Å². The zero-order valence-electron chi connectivity index (χ0n) is 18.5. The van der Waals surface area contributed by atoms with Crippen LogP contribution in [-0.2, 0) is 29.1 Å². The van der Waals surface area contributed by atoms with Crippen molar-refractivity contribution in [3.05, 3.63) is 29.3 Å². The number of carbonyl (C=O) groups is 3. The van der Waals surface area contributed by atoms with Gasteiger partial charge in [-0.3, -0.25) is 14.4 Å². The molecule has 0 bridgehead atoms. The van der Waals surface area contributed by atoms with Crippen molar-refractivity contribution >= 4 is 39.4 Å². The van der Waals surface area contributed by atoms with Gasteiger partial charge in [0, 0.05) is 30.7 Å². The highest BCUT2D eigenvalue weighted by Crippen LogP contribution is 2.25. The summed E-state index contributed by atoms with van der Waals surface area (Å²) in [6, 6.07) is 5.89. The molecule has 2 amide bonds. The molecular formula is C21H30ClN3O6S. The molecule has 2 rings (SSSR count). The average Bonchev–Trinajstić information content (AvgIpc) is 2.75. The first kappa shape index (κ1) is 26.1. The second-order valence-electron chi connectivity index (χ2n) is 7.87. The van der Waals surface area contributed by atoms with Gasteiger partial charge in [0.05, 0.1) is 17.4 Å². The van der Waals surface area contributed by atoms with Crippen molar-refractivity contribution in [2.24, 2.45) is 5.92 Å². The zero-order chi connectivity index (χ0) is 23.9. The van der Waals surface area contributed by atoms with Crippen LogP contribution in [0.4, 0.5) is 0 Å². The van der Waals surface area contributed by atoms with Gasteiger partial charge in [0.2, 0.25) is 15.9 Å². The molecule has 1 aromatic rings. The van der Waals surface area contributed by atoms with Crippen LogP contribution in [0.15, 0.2) is 29.2 Å². The Bertz CT molecular complexity index is 912. The number of benzene rings is 1. The Morgan fingerprint density at radius 3 is 2.31 bits per heavy atom. The molecule has 0 aliphatic carbocycles. The standard InChI is InChI=1S/C21H30ClN3O6S/c1-4-24(13-19(26)23-15(2)3)20(27)14-31-21(28)16-9-11-25(12-10-16)32(29,30)18-7-5-17(22)6-8-18/h5-8,15-16H,4,9-14H2,1-3H3,(H,23,26). The minimum absolute atomic E-state index is 0.0384. The largest absolute Gasteiger partial charge is 0.455 e. The molecule has 1 fully saturated rings. The Labute approximate surface area is 194 Å². The number of hydrogen-bond donors (Lipinski definition) is 1. The summed E-state index contributed by atoms with van der Waals surface area (Å²) in [5.41, 5.74) is 0. The molecule has 9 nitrogen and oxygen atoms in total. The van der Waals surface area contributed by atoms with Gasteiger partial charge in [-0.2, -0.15) is 4.31 Å². The first-order valence-electron chi connectivity index (χ1n) is 10.5. The lowest BCUT2D eigenvalue weighted by Gasteiger charge is -2.30. The van der Waals surface area contributed by atoms with Crippen LogP contribution in [-0.4, -0.2) is 74.2 Å². The van der Waals surface area contributed by atoms with Crippen LogP contribution < -0.4 is 5.32 Å². The molecule has 178 valence electrons. The van der Waals surface area contributed by atoms with Gasteiger partial charge in [0.15, 0.2) is 6.61 Å². The Morgan fingerprint density at radius 1 is 1.19 bits per heavy atom. The van der Waals surface area contributed by atoms with E-state index in [9.17, 15) is 22.8 Å². The Balaban J connectivity index is 1.83. The summed E-state index contributed by atoms with van der Waals surface area (Å²) in [5, 5.41) is 3.16. The molecule has 1 saturated heterocycles. The van der Waals surface area contributed by atoms with E-state index in [1.54, 1.807) is 6.92 Å². The minimum atomic E-state index is -3.66. The van der Waals surface area contributed by atoms with Crippen molar-refractivity contribution in [3.63, 3.8) is 0 Å². The molecule has 1 heterocycles. The third-order valence-corrected chi connectivity index (χ3v) is 7.26. The maximum atomic E-state index is 12.7. The van der Waals surface area contributed by atoms with Crippen molar-refractivity contribution < 1.29 is 27.5 Å². The number of esters is 1. The first-order chi connectivity index (χ1) is 15.0. The molecular weight excluding hydrogens is 458 g/mol. The number of nitrogens with zero attached hydrogens (tertiary/aromatic N) is 2. The summed E-state index contributed by atoms with van der Waals surface area (Å²) in [6.07, 6.45) is 0.599. The van der Waals surface area contributed by atoms with Crippen molar-refractivity contribution in [3.8, 4) is 0 Å². The molecule has 0 spiro atoms. The number of carbonyl (C=O) groups excluding carboxylic acids is 3. The molecule has 11 heteroatoms. The topological polar surface area (TPSA) is 113 Å². The predicted molar refractivity (Wildman–Crippen MR) is 119 cm³/mol. The minimum Gasteiger partial charge on any atom is -0.455 e. The molecule has 0 saturated carbocycles. The van der Waals surface area contributed by atoms with E-state index in [0.29, 0.717) is 24.4 Å². The summed E-state index contributed by atoms with van der Waals surface area (Å²) in [4.78, 5) is 38.0. The zero-order valence-corrected chi connectivity index (χ0v) is 20.1. The van der Waals surface area contributed by atoms with Gasteiger partial charge in [-0.05, 0) is 57.9 Å². The van der Waals surface area contributed by atoms with E-state index in [1.165, 1.54) is 33.5 Å². The number of nitrogens with one attached hydrogen (secondary N) is 1. The molecule has 32 heavy (non-hydrogen) atoms. The summed E-state index contributed by atoms with van der Waals surface area (Å²) in [6.45, 7) is 5.48. The number of hydrogen-bond acceptors (Lipinski definition) is 6. The van der Waals surface area contributed by atoms with E-state index < -0.39 is 34.4 Å². The Hall–Kier alpha value is -2.17. The molecule has 1 N–H and O–H groups in total. The van der Waals surface area contributed by atoms with E-state index in [2.05, 4.69) is 5.32 Å². The third kappa shape index (κ3) is 7.18. The molecule has 0 aromatic heterocycles. The Kier molecular flexibility index (Phi) is 9.47. The molecule has 0 unspecified atom stereocenters. The van der Waals surface area contributed by atoms with E-state index in [-0.39, 0.29) is 36.5 Å². The van der Waals surface area contributed by atoms with E-state index in [0.717, 1.165) is 0 Å². The smallest absolute Gasteiger partial charge is 0.309 e. The summed E-state index contributed by atoms with van der Waals surface area (Å²) < 4.78 is 32.0. The van der Waals surface area contributed by atoms with Crippen molar-refractivity contribution in [1.82, 2.24) is 14.5 Å². The monoisotopic (exact) mass is 487 g/mol. The van der Waals surface area contributed by atoms with Crippen LogP contribution in [0.25, 0.3) is 0 Å². The van der Waals surface area contributed by atoms with Gasteiger partial charge >= 0.3 is 5.97 Å². The van der Waals surface area contributed by atoms with Crippen molar-refractivity contribution in [2.75, 3.05) is 32.8 Å². The molecule has 1 aliphatic rings. The van der Waals surface area contributed by atoms with Crippen molar-refractivity contribution in [2.45, 2.75) is 44.6 Å². The number of rotatable bonds is 9. The van der Waals surface area contributed by atoms with Crippen LogP contribution >= 0.6 is 11.6 Å². The predicted octanol–water partition coefficient (Wildman–Crippen LogP) is 1.66. The highest BCUT2D eigenvalue weighted by molar-refractivity contribution is 7.89. The fraction of sp³-hybridized carbons (Fsp3) is 0.571. The normalized spacial score (nSPS) is 15.4. The van der Waals surface area contributed by atoms with Crippen molar-refractivity contribution in [1.29, 1.82) is 0 Å². The van der Waals surface area contributed by atoms with Gasteiger partial charge in [0.1, 0.15) is 0 Å². The third-order valence-electron chi connectivity index (χ3n) is 5.10. The molecule has 0 atom stereocenters. The fourth-order valence-corrected chi connectivity index (χ4v) is 4.94. The molecule has 0 radical (unpaired) electrons. The number of amides is 2. The highest BCUT2D eigenvalue weighted by atomic mass is 35.5. The summed E-state index contributed by atoms with van der Waals surface area (Å²) >= 11 is 5.82.